The highest BCUT2D eigenvalue weighted by atomic mass is 16.5. The van der Waals surface area contributed by atoms with Crippen molar-refractivity contribution >= 4 is 0 Å². The van der Waals surface area contributed by atoms with Gasteiger partial charge >= 0.3 is 0 Å². The molecule has 1 aliphatic rings. The molecule has 0 aromatic carbocycles. The van der Waals surface area contributed by atoms with Gasteiger partial charge in [-0.3, -0.25) is 0 Å². The first-order valence-electron chi connectivity index (χ1n) is 6.07. The number of aryl methyl sites for hydroxylation is 1. The molecule has 0 aliphatic carbocycles. The maximum absolute atomic E-state index is 10.3. The first kappa shape index (κ1) is 12.5. The van der Waals surface area contributed by atoms with Crippen LogP contribution in [0.5, 0.6) is 0 Å². The van der Waals surface area contributed by atoms with Gasteiger partial charge < -0.3 is 15.2 Å². The molecule has 6 heteroatoms. The molecule has 2 heterocycles. The first-order valence-corrected chi connectivity index (χ1v) is 6.07. The van der Waals surface area contributed by atoms with E-state index in [2.05, 4.69) is 15.4 Å². The van der Waals surface area contributed by atoms with Gasteiger partial charge in [0.2, 0.25) is 0 Å². The van der Waals surface area contributed by atoms with Crippen LogP contribution in [-0.2, 0) is 17.8 Å². The Morgan fingerprint density at radius 2 is 2.53 bits per heavy atom. The number of nitrogens with one attached hydrogen (secondary N) is 1. The second kappa shape index (κ2) is 5.12. The maximum atomic E-state index is 10.3. The molecule has 0 spiro atoms. The van der Waals surface area contributed by atoms with Crippen LogP contribution >= 0.6 is 0 Å². The third-order valence-electron chi connectivity index (χ3n) is 3.37. The van der Waals surface area contributed by atoms with Crippen molar-refractivity contribution in [3.8, 4) is 0 Å². The first-order chi connectivity index (χ1) is 8.15. The molecular formula is C11H20N4O2. The molecular weight excluding hydrogens is 220 g/mol. The van der Waals surface area contributed by atoms with E-state index in [9.17, 15) is 5.11 Å². The van der Waals surface area contributed by atoms with E-state index in [1.165, 1.54) is 0 Å². The highest BCUT2D eigenvalue weighted by Crippen LogP contribution is 2.24. The lowest BCUT2D eigenvalue weighted by molar-refractivity contribution is -0.0264. The Balaban J connectivity index is 1.83. The van der Waals surface area contributed by atoms with Gasteiger partial charge in [-0.2, -0.15) is 5.10 Å². The molecule has 0 radical (unpaired) electrons. The third-order valence-corrected chi connectivity index (χ3v) is 3.37. The molecule has 17 heavy (non-hydrogen) atoms. The number of rotatable bonds is 5. The Hall–Kier alpha value is -0.980. The maximum Gasteiger partial charge on any atom is 0.140 e. The van der Waals surface area contributed by atoms with Crippen LogP contribution in [0.1, 0.15) is 26.1 Å². The lowest BCUT2D eigenvalue weighted by atomic mass is 9.97. The van der Waals surface area contributed by atoms with Crippen LogP contribution in [0.15, 0.2) is 6.33 Å². The van der Waals surface area contributed by atoms with Crippen LogP contribution < -0.4 is 5.32 Å². The Kier molecular flexibility index (Phi) is 3.76. The van der Waals surface area contributed by atoms with Crippen molar-refractivity contribution in [2.45, 2.75) is 45.1 Å². The predicted molar refractivity (Wildman–Crippen MR) is 62.4 cm³/mol. The summed E-state index contributed by atoms with van der Waals surface area (Å²) in [5.74, 6) is 0.891. The standard InChI is InChI=1S/C11H20N4O2/c1-3-15-10(13-8-14-15)6-12-7-11(16)4-5-17-9(11)2/h8-9,12,16H,3-7H2,1-2H3. The second-order valence-corrected chi connectivity index (χ2v) is 4.46. The molecule has 1 saturated heterocycles. The third kappa shape index (κ3) is 2.65. The lowest BCUT2D eigenvalue weighted by Gasteiger charge is -2.26. The average molecular weight is 240 g/mol. The van der Waals surface area contributed by atoms with Gasteiger partial charge in [0.1, 0.15) is 17.8 Å². The minimum atomic E-state index is -0.753. The fourth-order valence-electron chi connectivity index (χ4n) is 2.08. The molecule has 6 nitrogen and oxygen atoms in total. The molecule has 1 aromatic rings. The van der Waals surface area contributed by atoms with Gasteiger partial charge in [0.15, 0.2) is 0 Å². The Bertz CT molecular complexity index is 368. The van der Waals surface area contributed by atoms with Crippen LogP contribution in [0.2, 0.25) is 0 Å². The van der Waals surface area contributed by atoms with E-state index in [0.717, 1.165) is 12.4 Å². The van der Waals surface area contributed by atoms with E-state index < -0.39 is 5.60 Å². The summed E-state index contributed by atoms with van der Waals surface area (Å²) in [7, 11) is 0. The number of aliphatic hydroxyl groups is 1. The van der Waals surface area contributed by atoms with E-state index in [1.807, 2.05) is 18.5 Å². The molecule has 2 unspecified atom stereocenters. The quantitative estimate of drug-likeness (QED) is 0.753. The van der Waals surface area contributed by atoms with Gasteiger partial charge in [-0.05, 0) is 13.8 Å². The van der Waals surface area contributed by atoms with Crippen LogP contribution in [0.3, 0.4) is 0 Å². The molecule has 0 amide bonds. The van der Waals surface area contributed by atoms with E-state index in [4.69, 9.17) is 4.74 Å². The molecule has 1 aromatic heterocycles. The van der Waals surface area contributed by atoms with Gasteiger partial charge in [-0.15, -0.1) is 0 Å². The molecule has 2 N–H and O–H groups in total. The average Bonchev–Trinajstić information content (AvgIpc) is 2.88. The predicted octanol–water partition coefficient (Wildman–Crippen LogP) is -0.0725. The summed E-state index contributed by atoms with van der Waals surface area (Å²) in [6.45, 7) is 6.50. The molecule has 0 bridgehead atoms. The molecule has 2 atom stereocenters. The summed E-state index contributed by atoms with van der Waals surface area (Å²) in [6, 6.07) is 0. The highest BCUT2D eigenvalue weighted by Gasteiger charge is 2.38. The van der Waals surface area contributed by atoms with Crippen LogP contribution in [-0.4, -0.2) is 44.7 Å². The van der Waals surface area contributed by atoms with Gasteiger partial charge in [0.25, 0.3) is 0 Å². The number of hydrogen-bond donors (Lipinski definition) is 2. The monoisotopic (exact) mass is 240 g/mol. The topological polar surface area (TPSA) is 72.2 Å². The Morgan fingerprint density at radius 3 is 3.18 bits per heavy atom. The van der Waals surface area contributed by atoms with E-state index >= 15 is 0 Å². The SMILES string of the molecule is CCn1ncnc1CNCC1(O)CCOC1C. The van der Waals surface area contributed by atoms with Crippen LogP contribution in [0, 0.1) is 0 Å². The van der Waals surface area contributed by atoms with Crippen molar-refractivity contribution in [1.29, 1.82) is 0 Å². The largest absolute Gasteiger partial charge is 0.386 e. The summed E-state index contributed by atoms with van der Waals surface area (Å²) in [5, 5.41) is 17.6. The zero-order valence-electron chi connectivity index (χ0n) is 10.4. The fraction of sp³-hybridized carbons (Fsp3) is 0.818. The normalized spacial score (nSPS) is 28.8. The molecule has 2 rings (SSSR count). The van der Waals surface area contributed by atoms with E-state index in [-0.39, 0.29) is 6.10 Å². The van der Waals surface area contributed by atoms with Gasteiger partial charge in [0, 0.05) is 26.1 Å². The van der Waals surface area contributed by atoms with Crippen molar-refractivity contribution in [3.05, 3.63) is 12.2 Å². The Labute approximate surface area is 101 Å². The molecule has 96 valence electrons. The van der Waals surface area contributed by atoms with Crippen LogP contribution in [0.25, 0.3) is 0 Å². The number of ether oxygens (including phenoxy) is 1. The van der Waals surface area contributed by atoms with E-state index in [1.54, 1.807) is 6.33 Å². The smallest absolute Gasteiger partial charge is 0.140 e. The van der Waals surface area contributed by atoms with Gasteiger partial charge in [0.05, 0.1) is 12.6 Å². The van der Waals surface area contributed by atoms with Gasteiger partial charge in [-0.25, -0.2) is 9.67 Å². The minimum absolute atomic E-state index is 0.112. The minimum Gasteiger partial charge on any atom is -0.386 e. The Morgan fingerprint density at radius 1 is 1.71 bits per heavy atom. The highest BCUT2D eigenvalue weighted by molar-refractivity contribution is 4.93. The van der Waals surface area contributed by atoms with Crippen molar-refractivity contribution in [3.63, 3.8) is 0 Å². The van der Waals surface area contributed by atoms with Gasteiger partial charge in [-0.1, -0.05) is 0 Å². The van der Waals surface area contributed by atoms with Crippen molar-refractivity contribution in [1.82, 2.24) is 20.1 Å². The summed E-state index contributed by atoms with van der Waals surface area (Å²) in [5.41, 5.74) is -0.753. The van der Waals surface area contributed by atoms with Crippen LogP contribution in [0.4, 0.5) is 0 Å². The summed E-state index contributed by atoms with van der Waals surface area (Å²) in [4.78, 5) is 4.17. The molecule has 1 fully saturated rings. The summed E-state index contributed by atoms with van der Waals surface area (Å²) in [6.07, 6.45) is 2.12. The number of hydrogen-bond acceptors (Lipinski definition) is 5. The number of aromatic nitrogens is 3. The zero-order valence-corrected chi connectivity index (χ0v) is 10.4. The zero-order chi connectivity index (χ0) is 12.3. The second-order valence-electron chi connectivity index (χ2n) is 4.46. The van der Waals surface area contributed by atoms with Crippen molar-refractivity contribution < 1.29 is 9.84 Å². The summed E-state index contributed by atoms with van der Waals surface area (Å²) >= 11 is 0. The lowest BCUT2D eigenvalue weighted by Crippen LogP contribution is -2.45. The van der Waals surface area contributed by atoms with Crippen molar-refractivity contribution in [2.75, 3.05) is 13.2 Å². The molecule has 0 saturated carbocycles. The van der Waals surface area contributed by atoms with Crippen molar-refractivity contribution in [2.24, 2.45) is 0 Å². The fourth-order valence-corrected chi connectivity index (χ4v) is 2.08. The number of nitrogens with zero attached hydrogens (tertiary/aromatic N) is 3. The molecule has 1 aliphatic heterocycles. The summed E-state index contributed by atoms with van der Waals surface area (Å²) < 4.78 is 7.22. The van der Waals surface area contributed by atoms with E-state index in [0.29, 0.717) is 26.1 Å².